The van der Waals surface area contributed by atoms with Crippen LogP contribution in [-0.4, -0.2) is 23.2 Å². The number of rotatable bonds is 3. The van der Waals surface area contributed by atoms with E-state index in [4.69, 9.17) is 4.74 Å². The number of hydrogen-bond acceptors (Lipinski definition) is 4. The molecule has 1 aliphatic rings. The van der Waals surface area contributed by atoms with Gasteiger partial charge in [0.05, 0.1) is 7.11 Å². The summed E-state index contributed by atoms with van der Waals surface area (Å²) >= 11 is 0. The smallest absolute Gasteiger partial charge is 0.276 e. The van der Waals surface area contributed by atoms with Gasteiger partial charge in [-0.3, -0.25) is 4.79 Å². The summed E-state index contributed by atoms with van der Waals surface area (Å²) in [4.78, 5) is 12.3. The first-order valence-corrected chi connectivity index (χ1v) is 7.65. The molecule has 4 rings (SSSR count). The number of methoxy groups -OCH3 is 1. The van der Waals surface area contributed by atoms with Crippen molar-refractivity contribution in [1.82, 2.24) is 10.2 Å². The molecule has 1 N–H and O–H groups in total. The van der Waals surface area contributed by atoms with Gasteiger partial charge in [0.25, 0.3) is 5.91 Å². The molecule has 118 valence electrons. The lowest BCUT2D eigenvalue weighted by molar-refractivity contribution is 0.102. The van der Waals surface area contributed by atoms with Crippen molar-refractivity contribution in [3.05, 3.63) is 71.4 Å². The van der Waals surface area contributed by atoms with Gasteiger partial charge in [0, 0.05) is 11.8 Å². The molecule has 0 bridgehead atoms. The van der Waals surface area contributed by atoms with Gasteiger partial charge in [0.2, 0.25) is 5.88 Å². The molecule has 0 atom stereocenters. The van der Waals surface area contributed by atoms with E-state index in [9.17, 15) is 4.79 Å². The van der Waals surface area contributed by atoms with Crippen molar-refractivity contribution in [2.24, 2.45) is 0 Å². The molecule has 1 amide bonds. The van der Waals surface area contributed by atoms with Crippen LogP contribution in [0.1, 0.15) is 21.6 Å². The molecule has 3 aromatic rings. The van der Waals surface area contributed by atoms with E-state index in [2.05, 4.69) is 39.8 Å². The van der Waals surface area contributed by atoms with Crippen LogP contribution in [0.5, 0.6) is 5.88 Å². The average Bonchev–Trinajstić information content (AvgIpc) is 2.99. The molecule has 0 aliphatic heterocycles. The van der Waals surface area contributed by atoms with Crippen molar-refractivity contribution in [1.29, 1.82) is 0 Å². The second kappa shape index (κ2) is 5.77. The van der Waals surface area contributed by atoms with Gasteiger partial charge in [-0.05, 0) is 46.9 Å². The number of aromatic nitrogens is 2. The highest BCUT2D eigenvalue weighted by atomic mass is 16.5. The van der Waals surface area contributed by atoms with Crippen LogP contribution in [0.15, 0.2) is 54.6 Å². The summed E-state index contributed by atoms with van der Waals surface area (Å²) in [6, 6.07) is 17.6. The lowest BCUT2D eigenvalue weighted by Gasteiger charge is -2.07. The summed E-state index contributed by atoms with van der Waals surface area (Å²) in [6.07, 6.45) is 0.886. The van der Waals surface area contributed by atoms with Gasteiger partial charge in [-0.1, -0.05) is 30.3 Å². The molecule has 1 aromatic heterocycles. The fraction of sp³-hybridized carbons (Fsp3) is 0.105. The van der Waals surface area contributed by atoms with Crippen LogP contribution in [0.4, 0.5) is 5.69 Å². The number of ether oxygens (including phenoxy) is 1. The van der Waals surface area contributed by atoms with E-state index in [1.54, 1.807) is 12.1 Å². The predicted octanol–water partition coefficient (Wildman–Crippen LogP) is 3.31. The topological polar surface area (TPSA) is 64.1 Å². The largest absolute Gasteiger partial charge is 0.480 e. The van der Waals surface area contributed by atoms with Crippen LogP contribution in [0, 0.1) is 0 Å². The molecule has 1 heterocycles. The zero-order valence-electron chi connectivity index (χ0n) is 13.1. The molecular formula is C19H15N3O2. The van der Waals surface area contributed by atoms with Crippen LogP contribution in [0.3, 0.4) is 0 Å². The lowest BCUT2D eigenvalue weighted by atomic mass is 10.1. The molecule has 0 radical (unpaired) electrons. The summed E-state index contributed by atoms with van der Waals surface area (Å²) in [5.74, 6) is 0.0856. The van der Waals surface area contributed by atoms with Gasteiger partial charge in [0.1, 0.15) is 0 Å². The van der Waals surface area contributed by atoms with Crippen molar-refractivity contribution >= 4 is 11.6 Å². The first-order valence-electron chi connectivity index (χ1n) is 7.65. The van der Waals surface area contributed by atoms with E-state index in [1.165, 1.54) is 29.4 Å². The van der Waals surface area contributed by atoms with E-state index in [1.807, 2.05) is 18.2 Å². The minimum Gasteiger partial charge on any atom is -0.480 e. The van der Waals surface area contributed by atoms with Gasteiger partial charge >= 0.3 is 0 Å². The zero-order valence-corrected chi connectivity index (χ0v) is 13.1. The van der Waals surface area contributed by atoms with Crippen molar-refractivity contribution in [3.8, 4) is 17.0 Å². The van der Waals surface area contributed by atoms with Crippen molar-refractivity contribution in [2.75, 3.05) is 12.4 Å². The molecule has 24 heavy (non-hydrogen) atoms. The summed E-state index contributed by atoms with van der Waals surface area (Å²) in [5, 5.41) is 10.5. The number of anilines is 1. The van der Waals surface area contributed by atoms with Crippen LogP contribution >= 0.6 is 0 Å². The maximum atomic E-state index is 12.3. The second-order valence-corrected chi connectivity index (χ2v) is 5.62. The molecular weight excluding hydrogens is 302 g/mol. The Morgan fingerprint density at radius 2 is 1.83 bits per heavy atom. The minimum atomic E-state index is -0.291. The third kappa shape index (κ3) is 2.50. The third-order valence-electron chi connectivity index (χ3n) is 4.13. The first-order chi connectivity index (χ1) is 11.7. The number of nitrogens with zero attached hydrogens (tertiary/aromatic N) is 2. The minimum absolute atomic E-state index is 0.250. The van der Waals surface area contributed by atoms with Gasteiger partial charge in [0.15, 0.2) is 5.69 Å². The number of amides is 1. The van der Waals surface area contributed by atoms with E-state index >= 15 is 0 Å². The fourth-order valence-corrected chi connectivity index (χ4v) is 2.97. The van der Waals surface area contributed by atoms with Crippen LogP contribution in [-0.2, 0) is 6.42 Å². The van der Waals surface area contributed by atoms with Gasteiger partial charge < -0.3 is 10.1 Å². The molecule has 5 nitrogen and oxygen atoms in total. The Morgan fingerprint density at radius 1 is 1.00 bits per heavy atom. The normalized spacial score (nSPS) is 11.5. The maximum Gasteiger partial charge on any atom is 0.276 e. The summed E-state index contributed by atoms with van der Waals surface area (Å²) in [6.45, 7) is 0. The number of hydrogen-bond donors (Lipinski definition) is 1. The van der Waals surface area contributed by atoms with Crippen molar-refractivity contribution in [3.63, 3.8) is 0 Å². The highest BCUT2D eigenvalue weighted by Crippen LogP contribution is 2.37. The van der Waals surface area contributed by atoms with Gasteiger partial charge in [-0.2, -0.15) is 0 Å². The SMILES string of the molecule is COc1ccc(C(=O)Nc2ccc3c(c2)Cc2ccccc2-3)nn1. The molecule has 0 spiro atoms. The zero-order chi connectivity index (χ0) is 16.5. The lowest BCUT2D eigenvalue weighted by Crippen LogP contribution is -2.14. The molecule has 0 saturated heterocycles. The molecule has 1 aliphatic carbocycles. The standard InChI is InChI=1S/C19H15N3O2/c1-24-18-9-8-17(21-22-18)19(23)20-14-6-7-16-13(11-14)10-12-4-2-3-5-15(12)16/h2-9,11H,10H2,1H3,(H,20,23). The van der Waals surface area contributed by atoms with Gasteiger partial charge in [-0.15, -0.1) is 10.2 Å². The molecule has 0 fully saturated rings. The Kier molecular flexibility index (Phi) is 3.46. The average molecular weight is 317 g/mol. The number of carbonyl (C=O) groups is 1. The summed E-state index contributed by atoms with van der Waals surface area (Å²) < 4.78 is 4.94. The molecule has 0 unspecified atom stereocenters. The monoisotopic (exact) mass is 317 g/mol. The Balaban J connectivity index is 1.56. The summed E-state index contributed by atoms with van der Waals surface area (Å²) in [7, 11) is 1.51. The van der Waals surface area contributed by atoms with Crippen LogP contribution < -0.4 is 10.1 Å². The van der Waals surface area contributed by atoms with Crippen LogP contribution in [0.25, 0.3) is 11.1 Å². The highest BCUT2D eigenvalue weighted by molar-refractivity contribution is 6.03. The Labute approximate surface area is 139 Å². The predicted molar refractivity (Wildman–Crippen MR) is 91.2 cm³/mol. The van der Waals surface area contributed by atoms with Crippen molar-refractivity contribution in [2.45, 2.75) is 6.42 Å². The quantitative estimate of drug-likeness (QED) is 0.629. The first kappa shape index (κ1) is 14.4. The molecule has 0 saturated carbocycles. The Morgan fingerprint density at radius 3 is 2.62 bits per heavy atom. The third-order valence-corrected chi connectivity index (χ3v) is 4.13. The van der Waals surface area contributed by atoms with Crippen LogP contribution in [0.2, 0.25) is 0 Å². The fourth-order valence-electron chi connectivity index (χ4n) is 2.97. The van der Waals surface area contributed by atoms with E-state index in [0.717, 1.165) is 12.1 Å². The highest BCUT2D eigenvalue weighted by Gasteiger charge is 2.18. The number of benzene rings is 2. The number of nitrogens with one attached hydrogen (secondary N) is 1. The summed E-state index contributed by atoms with van der Waals surface area (Å²) in [5.41, 5.74) is 6.04. The van der Waals surface area contributed by atoms with E-state index in [0.29, 0.717) is 5.88 Å². The van der Waals surface area contributed by atoms with E-state index < -0.39 is 0 Å². The second-order valence-electron chi connectivity index (χ2n) is 5.62. The molecule has 2 aromatic carbocycles. The Bertz CT molecular complexity index is 920. The number of fused-ring (bicyclic) bond motifs is 3. The Hall–Kier alpha value is -3.21. The van der Waals surface area contributed by atoms with E-state index in [-0.39, 0.29) is 11.6 Å². The maximum absolute atomic E-state index is 12.3. The number of carbonyl (C=O) groups excluding carboxylic acids is 1. The van der Waals surface area contributed by atoms with Gasteiger partial charge in [-0.25, -0.2) is 0 Å². The molecule has 5 heteroatoms. The van der Waals surface area contributed by atoms with Crippen molar-refractivity contribution < 1.29 is 9.53 Å².